The van der Waals surface area contributed by atoms with Gasteiger partial charge in [0.05, 0.1) is 17.8 Å². The topological polar surface area (TPSA) is 36.9 Å². The molecule has 0 aromatic rings. The van der Waals surface area contributed by atoms with E-state index in [-0.39, 0.29) is 34.2 Å². The molecule has 1 aliphatic heterocycles. The number of hydrogen-bond donors (Lipinski definition) is 0. The Morgan fingerprint density at radius 1 is 0.900 bits per heavy atom. The fourth-order valence-electron chi connectivity index (χ4n) is 9.25. The fourth-order valence-corrected chi connectivity index (χ4v) is 11.9. The summed E-state index contributed by atoms with van der Waals surface area (Å²) in [7, 11) is -3.91. The van der Waals surface area contributed by atoms with Crippen LogP contribution in [0.5, 0.6) is 0 Å². The Morgan fingerprint density at radius 2 is 1.56 bits per heavy atom. The molecule has 0 aromatic carbocycles. The summed E-state index contributed by atoms with van der Waals surface area (Å²) in [5.74, 6) is 2.23. The molecule has 1 saturated heterocycles. The summed E-state index contributed by atoms with van der Waals surface area (Å²) in [6.07, 6.45) is 20.7. The molecule has 4 nitrogen and oxygen atoms in total. The van der Waals surface area contributed by atoms with Crippen LogP contribution in [0.3, 0.4) is 0 Å². The molecule has 0 radical (unpaired) electrons. The lowest BCUT2D eigenvalue weighted by Gasteiger charge is -2.46. The molecule has 3 saturated carbocycles. The molecule has 4 fully saturated rings. The smallest absolute Gasteiger partial charge is 0.192 e. The molecule has 7 atom stereocenters. The molecule has 6 heteroatoms. The summed E-state index contributed by atoms with van der Waals surface area (Å²) in [5, 5.41) is 0.336. The molecule has 4 aliphatic rings. The first-order valence-corrected chi connectivity index (χ1v) is 26.5. The monoisotopic (exact) mass is 729 g/mol. The lowest BCUT2D eigenvalue weighted by Crippen LogP contribution is -2.49. The van der Waals surface area contributed by atoms with Crippen molar-refractivity contribution in [2.45, 2.75) is 213 Å². The first kappa shape index (κ1) is 42.2. The minimum Gasteiger partial charge on any atom is -0.413 e. The van der Waals surface area contributed by atoms with Gasteiger partial charge < -0.3 is 18.3 Å². The van der Waals surface area contributed by atoms with Gasteiger partial charge in [-0.15, -0.1) is 0 Å². The zero-order valence-corrected chi connectivity index (χ0v) is 37.4. The minimum absolute atomic E-state index is 0.00920. The van der Waals surface area contributed by atoms with E-state index in [0.717, 1.165) is 44.1 Å². The van der Waals surface area contributed by atoms with E-state index < -0.39 is 16.6 Å². The summed E-state index contributed by atoms with van der Waals surface area (Å²) < 4.78 is 26.6. The molecule has 0 bridgehead atoms. The molecular weight excluding hydrogens is 649 g/mol. The highest BCUT2D eigenvalue weighted by molar-refractivity contribution is 6.74. The Bertz CT molecular complexity index is 1210. The number of fused-ring (bicyclic) bond motifs is 1. The Hall–Kier alpha value is -0.506. The van der Waals surface area contributed by atoms with E-state index in [4.69, 9.17) is 24.9 Å². The second-order valence-electron chi connectivity index (χ2n) is 20.9. The molecule has 0 spiro atoms. The third-order valence-electron chi connectivity index (χ3n) is 14.5. The lowest BCUT2D eigenvalue weighted by molar-refractivity contribution is -0.217. The van der Waals surface area contributed by atoms with Crippen LogP contribution in [0, 0.1) is 23.2 Å². The molecule has 4 rings (SSSR count). The van der Waals surface area contributed by atoms with Crippen LogP contribution >= 0.6 is 0 Å². The predicted molar refractivity (Wildman–Crippen MR) is 219 cm³/mol. The van der Waals surface area contributed by atoms with E-state index >= 15 is 0 Å². The second kappa shape index (κ2) is 16.1. The number of allylic oxidation sites excluding steroid dienone is 3. The third-order valence-corrected chi connectivity index (χ3v) is 23.5. The van der Waals surface area contributed by atoms with Crippen molar-refractivity contribution in [3.05, 3.63) is 35.5 Å². The van der Waals surface area contributed by atoms with E-state index in [1.54, 1.807) is 5.57 Å². The molecular formula is C44H80O4Si2. The standard InChI is InChI=1S/C44H80O4Si2/c1-32(20-18-27-43(9,10)46-40-22-16-17-29-45-40)37-25-26-38-34(21-19-28-44(37,38)11)23-24-35-30-36(47-49(12,13)41(3,4)5)31-39(33(35)2)48-50(14,15)42(6,7)8/h23-24,32,36-40H,2,16-22,25-31H2,1,3-15H3/b34-23-,35-24+/t32-,36-,37-,38+,39+,40?,44-/m1/s1. The second-order valence-corrected chi connectivity index (χ2v) is 30.4. The Labute approximate surface area is 312 Å². The van der Waals surface area contributed by atoms with Crippen LogP contribution in [0.15, 0.2) is 35.5 Å². The van der Waals surface area contributed by atoms with Crippen LogP contribution in [-0.4, -0.2) is 47.3 Å². The molecule has 3 aliphatic carbocycles. The van der Waals surface area contributed by atoms with Crippen molar-refractivity contribution in [1.29, 1.82) is 0 Å². The summed E-state index contributed by atoms with van der Waals surface area (Å²) >= 11 is 0. The van der Waals surface area contributed by atoms with Gasteiger partial charge in [-0.05, 0) is 149 Å². The average Bonchev–Trinajstić information content (AvgIpc) is 3.34. The Kier molecular flexibility index (Phi) is 13.6. The van der Waals surface area contributed by atoms with Gasteiger partial charge in [-0.1, -0.05) is 92.5 Å². The highest BCUT2D eigenvalue weighted by atomic mass is 28.4. The van der Waals surface area contributed by atoms with Crippen molar-refractivity contribution < 1.29 is 18.3 Å². The molecule has 1 unspecified atom stereocenters. The zero-order chi connectivity index (χ0) is 37.3. The van der Waals surface area contributed by atoms with Crippen LogP contribution in [0.25, 0.3) is 0 Å². The van der Waals surface area contributed by atoms with Crippen molar-refractivity contribution in [3.8, 4) is 0 Å². The van der Waals surface area contributed by atoms with Gasteiger partial charge in [-0.2, -0.15) is 0 Å². The van der Waals surface area contributed by atoms with Crippen molar-refractivity contribution in [2.24, 2.45) is 23.2 Å². The zero-order valence-electron chi connectivity index (χ0n) is 35.4. The first-order chi connectivity index (χ1) is 23.0. The normalized spacial score (nSPS) is 32.8. The van der Waals surface area contributed by atoms with Gasteiger partial charge in [0.1, 0.15) is 0 Å². The third kappa shape index (κ3) is 10.2. The Balaban J connectivity index is 1.47. The highest BCUT2D eigenvalue weighted by Crippen LogP contribution is 2.60. The van der Waals surface area contributed by atoms with Gasteiger partial charge in [-0.25, -0.2) is 0 Å². The van der Waals surface area contributed by atoms with Gasteiger partial charge in [0.15, 0.2) is 22.9 Å². The highest BCUT2D eigenvalue weighted by Gasteiger charge is 2.51. The maximum atomic E-state index is 7.12. The summed E-state index contributed by atoms with van der Waals surface area (Å²) in [5.41, 5.74) is 4.51. The summed E-state index contributed by atoms with van der Waals surface area (Å²) in [6.45, 7) is 38.9. The van der Waals surface area contributed by atoms with Crippen molar-refractivity contribution in [2.75, 3.05) is 6.61 Å². The Morgan fingerprint density at radius 3 is 2.18 bits per heavy atom. The average molecular weight is 729 g/mol. The van der Waals surface area contributed by atoms with Crippen molar-refractivity contribution in [1.82, 2.24) is 0 Å². The lowest BCUT2D eigenvalue weighted by atomic mass is 9.60. The molecule has 288 valence electrons. The van der Waals surface area contributed by atoms with Gasteiger partial charge in [0.2, 0.25) is 0 Å². The minimum atomic E-state index is -1.98. The van der Waals surface area contributed by atoms with Gasteiger partial charge >= 0.3 is 0 Å². The molecule has 0 amide bonds. The van der Waals surface area contributed by atoms with Crippen molar-refractivity contribution in [3.63, 3.8) is 0 Å². The summed E-state index contributed by atoms with van der Waals surface area (Å²) in [4.78, 5) is 0. The largest absolute Gasteiger partial charge is 0.413 e. The maximum absolute atomic E-state index is 7.12. The van der Waals surface area contributed by atoms with E-state index in [1.807, 2.05) is 0 Å². The maximum Gasteiger partial charge on any atom is 0.192 e. The SMILES string of the molecule is C=C1/C(=C/C=C2/CCC[C@]3(C)[C@@H]([C@H](C)CCCC(C)(C)OC4CCCCO4)CC[C@@H]23)C[C@@H](O[Si](C)(C)C(C)(C)C)C[C@@H]1O[Si](C)(C)C(C)(C)C. The first-order valence-electron chi connectivity index (χ1n) is 20.7. The van der Waals surface area contributed by atoms with Crippen LogP contribution in [-0.2, 0) is 18.3 Å². The molecule has 0 N–H and O–H groups in total. The quantitative estimate of drug-likeness (QED) is 0.188. The van der Waals surface area contributed by atoms with Crippen LogP contribution < -0.4 is 0 Å². The number of ether oxygens (including phenoxy) is 2. The van der Waals surface area contributed by atoms with Gasteiger partial charge in [0, 0.05) is 13.0 Å². The fraction of sp³-hybridized carbons (Fsp3) is 0.864. The number of hydrogen-bond acceptors (Lipinski definition) is 4. The van der Waals surface area contributed by atoms with E-state index in [0.29, 0.717) is 11.3 Å². The van der Waals surface area contributed by atoms with E-state index in [1.165, 1.54) is 68.9 Å². The van der Waals surface area contributed by atoms with Crippen molar-refractivity contribution >= 4 is 16.6 Å². The molecule has 50 heavy (non-hydrogen) atoms. The number of rotatable bonds is 12. The molecule has 1 heterocycles. The predicted octanol–water partition coefficient (Wildman–Crippen LogP) is 13.3. The van der Waals surface area contributed by atoms with Gasteiger partial charge in [0.25, 0.3) is 0 Å². The van der Waals surface area contributed by atoms with E-state index in [9.17, 15) is 0 Å². The van der Waals surface area contributed by atoms with Gasteiger partial charge in [-0.3, -0.25) is 0 Å². The van der Waals surface area contributed by atoms with Crippen LogP contribution in [0.4, 0.5) is 0 Å². The van der Waals surface area contributed by atoms with Crippen LogP contribution in [0.2, 0.25) is 36.3 Å². The van der Waals surface area contributed by atoms with Crippen LogP contribution in [0.1, 0.15) is 153 Å². The van der Waals surface area contributed by atoms with E-state index in [2.05, 4.69) is 108 Å². The molecule has 0 aromatic heterocycles. The summed E-state index contributed by atoms with van der Waals surface area (Å²) in [6, 6.07) is 0.